The number of hydrogen-bond acceptors (Lipinski definition) is 2. The molecule has 17 heavy (non-hydrogen) atoms. The lowest BCUT2D eigenvalue weighted by Crippen LogP contribution is -2.39. The third kappa shape index (κ3) is 2.99. The van der Waals surface area contributed by atoms with Gasteiger partial charge in [-0.3, -0.25) is 4.68 Å². The van der Waals surface area contributed by atoms with Gasteiger partial charge in [0.25, 0.3) is 0 Å². The first-order valence-electron chi connectivity index (χ1n) is 6.31. The molecule has 2 heterocycles. The molecule has 1 saturated heterocycles. The van der Waals surface area contributed by atoms with Crippen LogP contribution in [0.25, 0.3) is 0 Å². The summed E-state index contributed by atoms with van der Waals surface area (Å²) in [6.07, 6.45) is 4.36. The summed E-state index contributed by atoms with van der Waals surface area (Å²) in [4.78, 5) is 7.00. The van der Waals surface area contributed by atoms with Crippen molar-refractivity contribution < 1.29 is 0 Å². The summed E-state index contributed by atoms with van der Waals surface area (Å²) in [6, 6.07) is 2.01. The van der Waals surface area contributed by atoms with Gasteiger partial charge in [0, 0.05) is 32.9 Å². The number of rotatable bonds is 3. The number of aromatic nitrogens is 2. The van der Waals surface area contributed by atoms with Crippen molar-refractivity contribution in [1.82, 2.24) is 20.0 Å². The molecule has 5 nitrogen and oxygen atoms in total. The van der Waals surface area contributed by atoms with Gasteiger partial charge in [0.2, 0.25) is 0 Å². The van der Waals surface area contributed by atoms with E-state index in [9.17, 15) is 0 Å². The van der Waals surface area contributed by atoms with Crippen LogP contribution < -0.4 is 5.32 Å². The maximum Gasteiger partial charge on any atom is 0.194 e. The van der Waals surface area contributed by atoms with Gasteiger partial charge in [-0.15, -0.1) is 0 Å². The Morgan fingerprint density at radius 2 is 2.24 bits per heavy atom. The van der Waals surface area contributed by atoms with Crippen LogP contribution in [0.1, 0.15) is 25.5 Å². The average Bonchev–Trinajstić information content (AvgIpc) is 2.96. The number of likely N-dealkylation sites (tertiary alicyclic amines) is 1. The molecule has 0 unspecified atom stereocenters. The first kappa shape index (κ1) is 12.0. The van der Waals surface area contributed by atoms with E-state index in [0.717, 1.165) is 31.3 Å². The molecule has 94 valence electrons. The van der Waals surface area contributed by atoms with Crippen LogP contribution in [-0.2, 0) is 13.6 Å². The topological polar surface area (TPSA) is 45.5 Å². The largest absolute Gasteiger partial charge is 0.357 e. The third-order valence-corrected chi connectivity index (χ3v) is 3.05. The summed E-state index contributed by atoms with van der Waals surface area (Å²) in [7, 11) is 1.95. The third-order valence-electron chi connectivity index (χ3n) is 3.05. The lowest BCUT2D eigenvalue weighted by atomic mass is 10.4. The molecule has 1 aliphatic rings. The summed E-state index contributed by atoms with van der Waals surface area (Å²) in [5, 5.41) is 7.50. The Morgan fingerprint density at radius 3 is 2.82 bits per heavy atom. The zero-order chi connectivity index (χ0) is 12.1. The minimum atomic E-state index is 0.690. The van der Waals surface area contributed by atoms with Gasteiger partial charge in [0.15, 0.2) is 5.96 Å². The second-order valence-electron chi connectivity index (χ2n) is 4.31. The summed E-state index contributed by atoms with van der Waals surface area (Å²) < 4.78 is 1.87. The van der Waals surface area contributed by atoms with E-state index in [4.69, 9.17) is 0 Å². The number of hydrogen-bond donors (Lipinski definition) is 1. The van der Waals surface area contributed by atoms with Crippen LogP contribution in [0, 0.1) is 0 Å². The maximum atomic E-state index is 4.67. The van der Waals surface area contributed by atoms with Crippen LogP contribution in [-0.4, -0.2) is 40.3 Å². The Morgan fingerprint density at radius 1 is 1.47 bits per heavy atom. The molecule has 0 bridgehead atoms. The van der Waals surface area contributed by atoms with E-state index in [1.54, 1.807) is 0 Å². The minimum absolute atomic E-state index is 0.690. The molecule has 0 radical (unpaired) electrons. The molecule has 1 aliphatic heterocycles. The highest BCUT2D eigenvalue weighted by atomic mass is 15.3. The minimum Gasteiger partial charge on any atom is -0.357 e. The number of guanidine groups is 1. The van der Waals surface area contributed by atoms with E-state index < -0.39 is 0 Å². The van der Waals surface area contributed by atoms with Crippen molar-refractivity contribution >= 4 is 5.96 Å². The molecule has 5 heteroatoms. The van der Waals surface area contributed by atoms with E-state index in [1.165, 1.54) is 12.8 Å². The monoisotopic (exact) mass is 235 g/mol. The van der Waals surface area contributed by atoms with Crippen LogP contribution in [0.5, 0.6) is 0 Å². The van der Waals surface area contributed by atoms with Gasteiger partial charge in [-0.1, -0.05) is 0 Å². The SMILES string of the molecule is CCNC(=NCc1ccnn1C)N1CCCC1. The van der Waals surface area contributed by atoms with Crippen LogP contribution in [0.4, 0.5) is 0 Å². The van der Waals surface area contributed by atoms with Crippen molar-refractivity contribution in [2.75, 3.05) is 19.6 Å². The zero-order valence-corrected chi connectivity index (χ0v) is 10.7. The smallest absolute Gasteiger partial charge is 0.194 e. The molecule has 1 N–H and O–H groups in total. The highest BCUT2D eigenvalue weighted by molar-refractivity contribution is 5.80. The highest BCUT2D eigenvalue weighted by Gasteiger charge is 2.15. The standard InChI is InChI=1S/C12H21N5/c1-3-13-12(17-8-4-5-9-17)14-10-11-6-7-15-16(11)2/h6-7H,3-5,8-10H2,1-2H3,(H,13,14). The van der Waals surface area contributed by atoms with Crippen molar-refractivity contribution in [3.8, 4) is 0 Å². The first-order valence-corrected chi connectivity index (χ1v) is 6.31. The Balaban J connectivity index is 2.02. The molecule has 1 aromatic heterocycles. The number of aryl methyl sites for hydroxylation is 1. The lowest BCUT2D eigenvalue weighted by molar-refractivity contribution is 0.493. The van der Waals surface area contributed by atoms with Gasteiger partial charge in [0.1, 0.15) is 0 Å². The second kappa shape index (κ2) is 5.70. The van der Waals surface area contributed by atoms with Crippen molar-refractivity contribution in [1.29, 1.82) is 0 Å². The molecule has 2 rings (SSSR count). The van der Waals surface area contributed by atoms with Crippen molar-refractivity contribution in [3.05, 3.63) is 18.0 Å². The van der Waals surface area contributed by atoms with Crippen LogP contribution in [0.3, 0.4) is 0 Å². The molecule has 0 amide bonds. The predicted octanol–water partition coefficient (Wildman–Crippen LogP) is 0.981. The second-order valence-corrected chi connectivity index (χ2v) is 4.31. The van der Waals surface area contributed by atoms with Crippen LogP contribution >= 0.6 is 0 Å². The maximum absolute atomic E-state index is 4.67. The fraction of sp³-hybridized carbons (Fsp3) is 0.667. The fourth-order valence-electron chi connectivity index (χ4n) is 2.07. The molecular formula is C12H21N5. The molecule has 1 fully saturated rings. The zero-order valence-electron chi connectivity index (χ0n) is 10.7. The summed E-state index contributed by atoms with van der Waals surface area (Å²) in [6.45, 7) is 5.96. The van der Waals surface area contributed by atoms with Gasteiger partial charge in [0.05, 0.1) is 12.2 Å². The fourth-order valence-corrected chi connectivity index (χ4v) is 2.07. The molecule has 0 aliphatic carbocycles. The lowest BCUT2D eigenvalue weighted by Gasteiger charge is -2.20. The van der Waals surface area contributed by atoms with Gasteiger partial charge in [-0.05, 0) is 25.8 Å². The summed E-state index contributed by atoms with van der Waals surface area (Å²) >= 11 is 0. The summed E-state index contributed by atoms with van der Waals surface area (Å²) in [5.41, 5.74) is 1.14. The highest BCUT2D eigenvalue weighted by Crippen LogP contribution is 2.08. The normalized spacial score (nSPS) is 16.6. The van der Waals surface area contributed by atoms with Crippen LogP contribution in [0.2, 0.25) is 0 Å². The van der Waals surface area contributed by atoms with E-state index in [1.807, 2.05) is 24.0 Å². The molecule has 0 spiro atoms. The van der Waals surface area contributed by atoms with E-state index in [-0.39, 0.29) is 0 Å². The van der Waals surface area contributed by atoms with Gasteiger partial charge < -0.3 is 10.2 Å². The van der Waals surface area contributed by atoms with Crippen molar-refractivity contribution in [2.45, 2.75) is 26.3 Å². The Hall–Kier alpha value is -1.52. The Bertz CT molecular complexity index is 376. The van der Waals surface area contributed by atoms with Crippen molar-refractivity contribution in [3.63, 3.8) is 0 Å². The molecular weight excluding hydrogens is 214 g/mol. The van der Waals surface area contributed by atoms with Crippen molar-refractivity contribution in [2.24, 2.45) is 12.0 Å². The van der Waals surface area contributed by atoms with Gasteiger partial charge >= 0.3 is 0 Å². The quantitative estimate of drug-likeness (QED) is 0.627. The number of nitrogens with one attached hydrogen (secondary N) is 1. The van der Waals surface area contributed by atoms with E-state index in [0.29, 0.717) is 6.54 Å². The Kier molecular flexibility index (Phi) is 4.01. The molecule has 0 atom stereocenters. The van der Waals surface area contributed by atoms with Gasteiger partial charge in [-0.25, -0.2) is 4.99 Å². The number of aliphatic imine (C=N–C) groups is 1. The molecule has 0 saturated carbocycles. The Labute approximate surface area is 103 Å². The first-order chi connectivity index (χ1) is 8.31. The van der Waals surface area contributed by atoms with E-state index in [2.05, 4.69) is 27.2 Å². The number of nitrogens with zero attached hydrogens (tertiary/aromatic N) is 4. The van der Waals surface area contributed by atoms with Crippen LogP contribution in [0.15, 0.2) is 17.3 Å². The summed E-state index contributed by atoms with van der Waals surface area (Å²) in [5.74, 6) is 1.03. The van der Waals surface area contributed by atoms with E-state index >= 15 is 0 Å². The predicted molar refractivity (Wildman–Crippen MR) is 68.8 cm³/mol. The average molecular weight is 235 g/mol. The molecule has 0 aromatic carbocycles. The molecule has 1 aromatic rings. The van der Waals surface area contributed by atoms with Gasteiger partial charge in [-0.2, -0.15) is 5.10 Å².